The van der Waals surface area contributed by atoms with E-state index in [4.69, 9.17) is 10.3 Å². The monoisotopic (exact) mass is 287 g/mol. The normalized spacial score (nSPS) is 25.6. The molecule has 2 heterocycles. The van der Waals surface area contributed by atoms with E-state index in [1.807, 2.05) is 0 Å². The molecule has 6 nitrogen and oxygen atoms in total. The Hall–Kier alpha value is -0.920. The van der Waals surface area contributed by atoms with Crippen LogP contribution in [0.25, 0.3) is 0 Å². The Labute approximate surface area is 114 Å². The molecule has 0 amide bonds. The fourth-order valence-electron chi connectivity index (χ4n) is 2.57. The first-order valence-corrected chi connectivity index (χ1v) is 8.15. The molecule has 1 aromatic rings. The molecule has 1 fully saturated rings. The zero-order valence-corrected chi connectivity index (χ0v) is 12.2. The first kappa shape index (κ1) is 14.5. The summed E-state index contributed by atoms with van der Waals surface area (Å²) in [6, 6.07) is 1.56. The lowest BCUT2D eigenvalue weighted by Gasteiger charge is -2.36. The van der Waals surface area contributed by atoms with E-state index in [2.05, 4.69) is 12.1 Å². The van der Waals surface area contributed by atoms with E-state index < -0.39 is 10.0 Å². The second-order valence-corrected chi connectivity index (χ2v) is 7.24. The maximum absolute atomic E-state index is 12.4. The number of aromatic nitrogens is 1. The highest BCUT2D eigenvalue weighted by Crippen LogP contribution is 2.26. The molecule has 0 aromatic carbocycles. The van der Waals surface area contributed by atoms with Crippen molar-refractivity contribution in [3.05, 3.63) is 17.5 Å². The molecule has 19 heavy (non-hydrogen) atoms. The minimum Gasteiger partial charge on any atom is -0.361 e. The molecule has 2 unspecified atom stereocenters. The molecule has 0 aliphatic carbocycles. The van der Waals surface area contributed by atoms with Gasteiger partial charge in [-0.25, -0.2) is 8.42 Å². The van der Waals surface area contributed by atoms with Gasteiger partial charge in [0.1, 0.15) is 17.2 Å². The lowest BCUT2D eigenvalue weighted by Crippen LogP contribution is -2.49. The Bertz CT molecular complexity index is 526. The lowest BCUT2D eigenvalue weighted by molar-refractivity contribution is 0.211. The molecule has 1 aliphatic heterocycles. The van der Waals surface area contributed by atoms with E-state index in [1.165, 1.54) is 4.31 Å². The highest BCUT2D eigenvalue weighted by atomic mass is 32.2. The maximum Gasteiger partial charge on any atom is 0.220 e. The third-order valence-electron chi connectivity index (χ3n) is 3.56. The smallest absolute Gasteiger partial charge is 0.220 e. The largest absolute Gasteiger partial charge is 0.361 e. The molecular formula is C12H21N3O3S. The third-order valence-corrected chi connectivity index (χ3v) is 5.42. The van der Waals surface area contributed by atoms with Gasteiger partial charge in [-0.15, -0.1) is 0 Å². The summed E-state index contributed by atoms with van der Waals surface area (Å²) in [4.78, 5) is 0. The summed E-state index contributed by atoms with van der Waals surface area (Å²) in [6.07, 6.45) is 1.71. The lowest BCUT2D eigenvalue weighted by atomic mass is 9.94. The van der Waals surface area contributed by atoms with Crippen molar-refractivity contribution in [3.63, 3.8) is 0 Å². The van der Waals surface area contributed by atoms with Crippen LogP contribution in [0.4, 0.5) is 0 Å². The summed E-state index contributed by atoms with van der Waals surface area (Å²) in [5.41, 5.74) is 6.16. The minimum absolute atomic E-state index is 0.0956. The van der Waals surface area contributed by atoms with Gasteiger partial charge in [0.05, 0.1) is 0 Å². The second-order valence-electron chi connectivity index (χ2n) is 5.31. The van der Waals surface area contributed by atoms with Gasteiger partial charge in [-0.2, -0.15) is 4.31 Å². The molecular weight excluding hydrogens is 266 g/mol. The van der Waals surface area contributed by atoms with Gasteiger partial charge in [-0.3, -0.25) is 0 Å². The van der Waals surface area contributed by atoms with Gasteiger partial charge >= 0.3 is 0 Å². The quantitative estimate of drug-likeness (QED) is 0.887. The summed E-state index contributed by atoms with van der Waals surface area (Å²) in [5, 5.41) is 3.75. The number of sulfonamides is 1. The van der Waals surface area contributed by atoms with Gasteiger partial charge < -0.3 is 10.3 Å². The molecule has 7 heteroatoms. The van der Waals surface area contributed by atoms with Crippen molar-refractivity contribution < 1.29 is 12.9 Å². The molecule has 0 bridgehead atoms. The highest BCUT2D eigenvalue weighted by Gasteiger charge is 2.34. The fraction of sp³-hybridized carbons (Fsp3) is 0.750. The summed E-state index contributed by atoms with van der Waals surface area (Å²) in [7, 11) is -3.38. The molecule has 2 rings (SSSR count). The average molecular weight is 287 g/mol. The van der Waals surface area contributed by atoms with Crippen LogP contribution >= 0.6 is 0 Å². The van der Waals surface area contributed by atoms with Crippen LogP contribution in [0.5, 0.6) is 0 Å². The third kappa shape index (κ3) is 3.34. The highest BCUT2D eigenvalue weighted by molar-refractivity contribution is 7.88. The van der Waals surface area contributed by atoms with E-state index in [1.54, 1.807) is 13.0 Å². The number of nitrogens with two attached hydrogens (primary N) is 1. The Morgan fingerprint density at radius 2 is 2.32 bits per heavy atom. The van der Waals surface area contributed by atoms with Crippen molar-refractivity contribution >= 4 is 10.0 Å². The van der Waals surface area contributed by atoms with E-state index in [0.29, 0.717) is 30.5 Å². The van der Waals surface area contributed by atoms with E-state index in [9.17, 15) is 8.42 Å². The Morgan fingerprint density at radius 3 is 2.89 bits per heavy atom. The van der Waals surface area contributed by atoms with Crippen LogP contribution in [0.2, 0.25) is 0 Å². The van der Waals surface area contributed by atoms with Crippen molar-refractivity contribution in [2.45, 2.75) is 38.5 Å². The van der Waals surface area contributed by atoms with E-state index in [-0.39, 0.29) is 11.8 Å². The first-order valence-electron chi connectivity index (χ1n) is 6.54. The Morgan fingerprint density at radius 1 is 1.58 bits per heavy atom. The van der Waals surface area contributed by atoms with Crippen molar-refractivity contribution in [2.75, 3.05) is 13.1 Å². The van der Waals surface area contributed by atoms with Crippen LogP contribution < -0.4 is 5.73 Å². The van der Waals surface area contributed by atoms with Gasteiger partial charge in [0.2, 0.25) is 10.0 Å². The van der Waals surface area contributed by atoms with Gasteiger partial charge in [-0.05, 0) is 25.7 Å². The van der Waals surface area contributed by atoms with Crippen LogP contribution in [0.3, 0.4) is 0 Å². The number of piperidine rings is 1. The molecule has 1 aromatic heterocycles. The van der Waals surface area contributed by atoms with Crippen molar-refractivity contribution in [1.29, 1.82) is 0 Å². The van der Waals surface area contributed by atoms with Crippen LogP contribution in [-0.2, 0) is 15.8 Å². The molecule has 1 aliphatic rings. The van der Waals surface area contributed by atoms with Crippen LogP contribution in [-0.4, -0.2) is 37.0 Å². The van der Waals surface area contributed by atoms with Gasteiger partial charge in [0.25, 0.3) is 0 Å². The summed E-state index contributed by atoms with van der Waals surface area (Å²) in [6.45, 7) is 4.78. The van der Waals surface area contributed by atoms with E-state index >= 15 is 0 Å². The predicted molar refractivity (Wildman–Crippen MR) is 71.8 cm³/mol. The molecule has 0 spiro atoms. The van der Waals surface area contributed by atoms with Crippen molar-refractivity contribution in [2.24, 2.45) is 11.7 Å². The Balaban J connectivity index is 2.14. The van der Waals surface area contributed by atoms with Crippen molar-refractivity contribution in [3.8, 4) is 0 Å². The van der Waals surface area contributed by atoms with Crippen LogP contribution in [0.15, 0.2) is 10.6 Å². The van der Waals surface area contributed by atoms with Crippen molar-refractivity contribution in [1.82, 2.24) is 9.46 Å². The molecule has 108 valence electrons. The SMILES string of the molecule is Cc1cc(CS(=O)(=O)N2CCC(C)CC2CN)no1. The van der Waals surface area contributed by atoms with E-state index in [0.717, 1.165) is 12.8 Å². The average Bonchev–Trinajstić information content (AvgIpc) is 2.73. The molecule has 0 saturated carbocycles. The zero-order valence-electron chi connectivity index (χ0n) is 11.4. The molecule has 2 N–H and O–H groups in total. The zero-order chi connectivity index (χ0) is 14.0. The number of nitrogens with zero attached hydrogens (tertiary/aromatic N) is 2. The molecule has 0 radical (unpaired) electrons. The maximum atomic E-state index is 12.4. The number of aryl methyl sites for hydroxylation is 1. The topological polar surface area (TPSA) is 89.4 Å². The summed E-state index contributed by atoms with van der Waals surface area (Å²) < 4.78 is 31.3. The minimum atomic E-state index is -3.38. The van der Waals surface area contributed by atoms with Crippen LogP contribution in [0, 0.1) is 12.8 Å². The van der Waals surface area contributed by atoms with Gasteiger partial charge in [-0.1, -0.05) is 12.1 Å². The summed E-state index contributed by atoms with van der Waals surface area (Å²) >= 11 is 0. The number of hydrogen-bond acceptors (Lipinski definition) is 5. The molecule has 2 atom stereocenters. The molecule has 1 saturated heterocycles. The second kappa shape index (κ2) is 5.60. The number of hydrogen-bond donors (Lipinski definition) is 1. The Kier molecular flexibility index (Phi) is 4.27. The van der Waals surface area contributed by atoms with Crippen LogP contribution in [0.1, 0.15) is 31.2 Å². The number of rotatable bonds is 4. The fourth-order valence-corrected chi connectivity index (χ4v) is 4.25. The standard InChI is InChI=1S/C12H21N3O3S/c1-9-3-4-15(12(5-9)7-13)19(16,17)8-11-6-10(2)18-14-11/h6,9,12H,3-5,7-8,13H2,1-2H3. The first-order chi connectivity index (χ1) is 8.92. The predicted octanol–water partition coefficient (Wildman–Crippen LogP) is 0.872. The van der Waals surface area contributed by atoms with Gasteiger partial charge in [0, 0.05) is 25.2 Å². The van der Waals surface area contributed by atoms with Gasteiger partial charge in [0.15, 0.2) is 0 Å². The summed E-state index contributed by atoms with van der Waals surface area (Å²) in [5.74, 6) is 1.03.